The van der Waals surface area contributed by atoms with Gasteiger partial charge in [-0.25, -0.2) is 4.98 Å². The van der Waals surface area contributed by atoms with E-state index in [-0.39, 0.29) is 24.0 Å². The number of carbonyl (C=O) groups excluding carboxylic acids is 2. The summed E-state index contributed by atoms with van der Waals surface area (Å²) in [6.07, 6.45) is 2.89. The monoisotopic (exact) mass is 379 g/mol. The molecule has 2 aromatic rings. The number of ether oxygens (including phenoxy) is 1. The van der Waals surface area contributed by atoms with Crippen LogP contribution in [0.25, 0.3) is 0 Å². The SMILES string of the molecule is CCOC(=O)[C@@]1(Cc2ccccc2)C[C@H]2CC[C@@H]1N2C(=O)c1cccc(N)n1. The van der Waals surface area contributed by atoms with Crippen LogP contribution in [0.15, 0.2) is 48.5 Å². The van der Waals surface area contributed by atoms with E-state index in [4.69, 9.17) is 10.5 Å². The Hall–Kier alpha value is -2.89. The summed E-state index contributed by atoms with van der Waals surface area (Å²) >= 11 is 0. The third-order valence-electron chi connectivity index (χ3n) is 6.01. The van der Waals surface area contributed by atoms with Crippen LogP contribution < -0.4 is 5.73 Å². The number of hydrogen-bond donors (Lipinski definition) is 1. The Labute approximate surface area is 164 Å². The van der Waals surface area contributed by atoms with Crippen molar-refractivity contribution in [1.82, 2.24) is 9.88 Å². The second kappa shape index (κ2) is 7.26. The summed E-state index contributed by atoms with van der Waals surface area (Å²) < 4.78 is 5.49. The molecule has 2 aliphatic rings. The molecule has 2 fully saturated rings. The zero-order valence-electron chi connectivity index (χ0n) is 16.0. The lowest BCUT2D eigenvalue weighted by molar-refractivity contribution is -0.157. The van der Waals surface area contributed by atoms with E-state index in [0.717, 1.165) is 18.4 Å². The Balaban J connectivity index is 1.69. The van der Waals surface area contributed by atoms with Gasteiger partial charge in [0.1, 0.15) is 11.5 Å². The third-order valence-corrected chi connectivity index (χ3v) is 6.01. The lowest BCUT2D eigenvalue weighted by Crippen LogP contribution is -2.47. The fraction of sp³-hybridized carbons (Fsp3) is 0.409. The van der Waals surface area contributed by atoms with Gasteiger partial charge in [0.05, 0.1) is 12.0 Å². The molecular formula is C22H25N3O3. The molecule has 4 rings (SSSR count). The zero-order valence-corrected chi connectivity index (χ0v) is 16.0. The molecule has 0 spiro atoms. The van der Waals surface area contributed by atoms with Crippen LogP contribution in [-0.2, 0) is 16.0 Å². The third kappa shape index (κ3) is 3.03. The van der Waals surface area contributed by atoms with E-state index in [1.54, 1.807) is 18.2 Å². The Morgan fingerprint density at radius 1 is 1.18 bits per heavy atom. The number of benzene rings is 1. The van der Waals surface area contributed by atoms with Gasteiger partial charge in [-0.2, -0.15) is 0 Å². The maximum atomic E-state index is 13.2. The molecule has 3 atom stereocenters. The number of rotatable bonds is 5. The van der Waals surface area contributed by atoms with E-state index >= 15 is 0 Å². The molecule has 0 radical (unpaired) electrons. The van der Waals surface area contributed by atoms with Gasteiger partial charge in [0.15, 0.2) is 0 Å². The van der Waals surface area contributed by atoms with Gasteiger partial charge >= 0.3 is 5.97 Å². The molecule has 6 heteroatoms. The Bertz CT molecular complexity index is 886. The standard InChI is InChI=1S/C22H25N3O3/c1-2-28-21(27)22(13-15-7-4-3-5-8-15)14-16-11-12-18(22)25(16)20(26)17-9-6-10-19(23)24-17/h3-10,16,18H,2,11-14H2,1H3,(H2,23,24)/t16-,18+,22+/m1/s1. The molecule has 1 aromatic heterocycles. The quantitative estimate of drug-likeness (QED) is 0.808. The molecule has 2 aliphatic heterocycles. The van der Waals surface area contributed by atoms with Crippen molar-refractivity contribution >= 4 is 17.7 Å². The lowest BCUT2D eigenvalue weighted by Gasteiger charge is -2.35. The number of esters is 1. The summed E-state index contributed by atoms with van der Waals surface area (Å²) in [5, 5.41) is 0. The van der Waals surface area contributed by atoms with Crippen LogP contribution in [0.1, 0.15) is 42.2 Å². The van der Waals surface area contributed by atoms with Gasteiger partial charge in [-0.3, -0.25) is 9.59 Å². The highest BCUT2D eigenvalue weighted by molar-refractivity contribution is 5.95. The molecule has 1 aromatic carbocycles. The number of hydrogen-bond acceptors (Lipinski definition) is 5. The van der Waals surface area contributed by atoms with Crippen LogP contribution in [0, 0.1) is 5.41 Å². The van der Waals surface area contributed by atoms with Crippen LogP contribution >= 0.6 is 0 Å². The maximum Gasteiger partial charge on any atom is 0.314 e. The highest BCUT2D eigenvalue weighted by atomic mass is 16.5. The summed E-state index contributed by atoms with van der Waals surface area (Å²) in [6.45, 7) is 2.15. The van der Waals surface area contributed by atoms with Crippen molar-refractivity contribution in [1.29, 1.82) is 0 Å². The van der Waals surface area contributed by atoms with Crippen molar-refractivity contribution in [3.8, 4) is 0 Å². The second-order valence-corrected chi connectivity index (χ2v) is 7.65. The van der Waals surface area contributed by atoms with Gasteiger partial charge in [-0.05, 0) is 50.3 Å². The maximum absolute atomic E-state index is 13.2. The van der Waals surface area contributed by atoms with Crippen LogP contribution in [0.4, 0.5) is 5.82 Å². The van der Waals surface area contributed by atoms with Gasteiger partial charge in [0.25, 0.3) is 5.91 Å². The number of nitrogens with zero attached hydrogens (tertiary/aromatic N) is 2. The number of fused-ring (bicyclic) bond motifs is 2. The Kier molecular flexibility index (Phi) is 4.79. The number of nitrogen functional groups attached to an aromatic ring is 1. The normalized spacial score (nSPS) is 25.7. The molecule has 0 aliphatic carbocycles. The van der Waals surface area contributed by atoms with Crippen LogP contribution in [0.5, 0.6) is 0 Å². The van der Waals surface area contributed by atoms with E-state index in [1.807, 2.05) is 42.2 Å². The van der Waals surface area contributed by atoms with E-state index < -0.39 is 5.41 Å². The predicted octanol–water partition coefficient (Wildman–Crippen LogP) is 2.83. The van der Waals surface area contributed by atoms with Gasteiger partial charge in [-0.15, -0.1) is 0 Å². The highest BCUT2D eigenvalue weighted by Gasteiger charge is 2.62. The lowest BCUT2D eigenvalue weighted by atomic mass is 9.70. The summed E-state index contributed by atoms with van der Waals surface area (Å²) in [5.41, 5.74) is 6.47. The summed E-state index contributed by atoms with van der Waals surface area (Å²) in [6, 6.07) is 14.9. The first-order valence-electron chi connectivity index (χ1n) is 9.81. The van der Waals surface area contributed by atoms with Crippen molar-refractivity contribution < 1.29 is 14.3 Å². The Morgan fingerprint density at radius 2 is 1.96 bits per heavy atom. The van der Waals surface area contributed by atoms with Crippen molar-refractivity contribution in [2.45, 2.75) is 44.7 Å². The van der Waals surface area contributed by atoms with E-state index in [1.165, 1.54) is 0 Å². The topological polar surface area (TPSA) is 85.5 Å². The van der Waals surface area contributed by atoms with Gasteiger partial charge in [0, 0.05) is 12.1 Å². The average Bonchev–Trinajstić information content (AvgIpc) is 3.25. The molecule has 0 unspecified atom stereocenters. The summed E-state index contributed by atoms with van der Waals surface area (Å²) in [7, 11) is 0. The van der Waals surface area contributed by atoms with Crippen molar-refractivity contribution in [3.63, 3.8) is 0 Å². The van der Waals surface area contributed by atoms with Gasteiger partial charge in [0.2, 0.25) is 0 Å². The molecule has 2 saturated heterocycles. The van der Waals surface area contributed by atoms with Crippen LogP contribution in [0.2, 0.25) is 0 Å². The number of pyridine rings is 1. The number of amides is 1. The van der Waals surface area contributed by atoms with E-state index in [9.17, 15) is 9.59 Å². The van der Waals surface area contributed by atoms with Crippen molar-refractivity contribution in [2.24, 2.45) is 5.41 Å². The molecule has 2 bridgehead atoms. The molecule has 1 amide bonds. The Morgan fingerprint density at radius 3 is 2.68 bits per heavy atom. The van der Waals surface area contributed by atoms with E-state index in [2.05, 4.69) is 4.98 Å². The second-order valence-electron chi connectivity index (χ2n) is 7.65. The number of aromatic nitrogens is 1. The fourth-order valence-electron chi connectivity index (χ4n) is 4.91. The molecule has 2 N–H and O–H groups in total. The largest absolute Gasteiger partial charge is 0.465 e. The first-order valence-corrected chi connectivity index (χ1v) is 9.81. The number of carbonyl (C=O) groups is 2. The minimum Gasteiger partial charge on any atom is -0.465 e. The fourth-order valence-corrected chi connectivity index (χ4v) is 4.91. The predicted molar refractivity (Wildman–Crippen MR) is 105 cm³/mol. The summed E-state index contributed by atoms with van der Waals surface area (Å²) in [4.78, 5) is 32.4. The first kappa shape index (κ1) is 18.5. The highest BCUT2D eigenvalue weighted by Crippen LogP contribution is 2.52. The molecule has 3 heterocycles. The van der Waals surface area contributed by atoms with Gasteiger partial charge in [-0.1, -0.05) is 36.4 Å². The smallest absolute Gasteiger partial charge is 0.314 e. The van der Waals surface area contributed by atoms with E-state index in [0.29, 0.717) is 31.0 Å². The first-order chi connectivity index (χ1) is 13.5. The molecule has 6 nitrogen and oxygen atoms in total. The summed E-state index contributed by atoms with van der Waals surface area (Å²) in [5.74, 6) is -0.0400. The minimum atomic E-state index is -0.712. The molecule has 146 valence electrons. The number of nitrogens with two attached hydrogens (primary N) is 1. The average molecular weight is 379 g/mol. The van der Waals surface area contributed by atoms with Crippen molar-refractivity contribution in [2.75, 3.05) is 12.3 Å². The molecule has 0 saturated carbocycles. The van der Waals surface area contributed by atoms with Crippen LogP contribution in [0.3, 0.4) is 0 Å². The van der Waals surface area contributed by atoms with Crippen LogP contribution in [-0.4, -0.2) is 40.5 Å². The molecular weight excluding hydrogens is 354 g/mol. The van der Waals surface area contributed by atoms with Crippen molar-refractivity contribution in [3.05, 3.63) is 59.8 Å². The number of anilines is 1. The molecule has 28 heavy (non-hydrogen) atoms. The van der Waals surface area contributed by atoms with Gasteiger partial charge < -0.3 is 15.4 Å². The minimum absolute atomic E-state index is 0.0221. The zero-order chi connectivity index (χ0) is 19.7.